The van der Waals surface area contributed by atoms with E-state index in [-0.39, 0.29) is 5.69 Å². The minimum Gasteiger partial charge on any atom is -0.302 e. The van der Waals surface area contributed by atoms with Gasteiger partial charge in [0.1, 0.15) is 6.33 Å². The zero-order chi connectivity index (χ0) is 23.5. The second-order valence-corrected chi connectivity index (χ2v) is 8.05. The van der Waals surface area contributed by atoms with E-state index in [1.54, 1.807) is 26.2 Å². The summed E-state index contributed by atoms with van der Waals surface area (Å²) in [5.74, 6) is 1.03. The Hall–Kier alpha value is -4.41. The standard InChI is InChI=1S/C23H24N10O/c1-3-4-5-19-14-33(22-28-25-15-31(22)2)23(34)32(19)13-18-12-24-11-10-20(18)16-6-8-17(9-7-16)21-26-29-30-27-21/h6-12,14-15H,3-5,13H2,1-2H3,(H,26,27,29,30). The van der Waals surface area contributed by atoms with Crippen molar-refractivity contribution < 1.29 is 0 Å². The van der Waals surface area contributed by atoms with Crippen LogP contribution in [-0.4, -0.2) is 49.5 Å². The first-order chi connectivity index (χ1) is 16.7. The molecule has 1 N–H and O–H groups in total. The number of tetrazole rings is 1. The van der Waals surface area contributed by atoms with E-state index in [9.17, 15) is 4.79 Å². The lowest BCUT2D eigenvalue weighted by molar-refractivity contribution is 0.668. The highest BCUT2D eigenvalue weighted by Crippen LogP contribution is 2.26. The average Bonchev–Trinajstić information content (AvgIpc) is 3.61. The molecule has 0 atom stereocenters. The summed E-state index contributed by atoms with van der Waals surface area (Å²) >= 11 is 0. The Morgan fingerprint density at radius 1 is 1.06 bits per heavy atom. The van der Waals surface area contributed by atoms with E-state index >= 15 is 0 Å². The molecule has 5 rings (SSSR count). The summed E-state index contributed by atoms with van der Waals surface area (Å²) in [4.78, 5) is 17.8. The molecule has 5 aromatic rings. The van der Waals surface area contributed by atoms with Gasteiger partial charge in [0.05, 0.1) is 6.54 Å². The Kier molecular flexibility index (Phi) is 5.81. The molecule has 0 radical (unpaired) electrons. The monoisotopic (exact) mass is 456 g/mol. The van der Waals surface area contributed by atoms with E-state index in [0.717, 1.165) is 47.2 Å². The fourth-order valence-electron chi connectivity index (χ4n) is 3.98. The minimum absolute atomic E-state index is 0.149. The third-order valence-electron chi connectivity index (χ3n) is 5.78. The van der Waals surface area contributed by atoms with Gasteiger partial charge in [0.2, 0.25) is 11.8 Å². The molecule has 0 amide bonds. The van der Waals surface area contributed by atoms with Gasteiger partial charge in [-0.1, -0.05) is 37.6 Å². The Morgan fingerprint density at radius 2 is 1.88 bits per heavy atom. The van der Waals surface area contributed by atoms with Crippen molar-refractivity contribution in [2.24, 2.45) is 7.05 Å². The van der Waals surface area contributed by atoms with Gasteiger partial charge < -0.3 is 4.57 Å². The predicted octanol–water partition coefficient (Wildman–Crippen LogP) is 2.40. The van der Waals surface area contributed by atoms with Crippen LogP contribution in [0.4, 0.5) is 0 Å². The summed E-state index contributed by atoms with van der Waals surface area (Å²) in [6.45, 7) is 2.54. The largest absolute Gasteiger partial charge is 0.335 e. The van der Waals surface area contributed by atoms with Crippen molar-refractivity contribution in [3.05, 3.63) is 77.0 Å². The first-order valence-corrected chi connectivity index (χ1v) is 11.1. The molecule has 0 bridgehead atoms. The molecular weight excluding hydrogens is 432 g/mol. The van der Waals surface area contributed by atoms with Crippen molar-refractivity contribution in [3.63, 3.8) is 0 Å². The molecule has 0 aliphatic heterocycles. The predicted molar refractivity (Wildman–Crippen MR) is 125 cm³/mol. The van der Waals surface area contributed by atoms with Crippen molar-refractivity contribution in [1.82, 2.24) is 49.5 Å². The molecule has 0 unspecified atom stereocenters. The molecule has 0 spiro atoms. The lowest BCUT2D eigenvalue weighted by Gasteiger charge is -2.12. The SMILES string of the molecule is CCCCc1cn(-c2nncn2C)c(=O)n1Cc1cnccc1-c1ccc(-c2nn[nH]n2)cc1. The molecule has 1 aromatic carbocycles. The number of imidazole rings is 1. The smallest absolute Gasteiger partial charge is 0.302 e. The second kappa shape index (κ2) is 9.22. The number of pyridine rings is 1. The van der Waals surface area contributed by atoms with E-state index in [2.05, 4.69) is 42.7 Å². The van der Waals surface area contributed by atoms with Gasteiger partial charge in [0, 0.05) is 36.9 Å². The number of aryl methyl sites for hydroxylation is 2. The van der Waals surface area contributed by atoms with Crippen LogP contribution in [-0.2, 0) is 20.0 Å². The van der Waals surface area contributed by atoms with Crippen LogP contribution in [0.25, 0.3) is 28.5 Å². The number of unbranched alkanes of at least 4 members (excludes halogenated alkanes) is 1. The number of aromatic nitrogens is 10. The number of nitrogens with one attached hydrogen (secondary N) is 1. The van der Waals surface area contributed by atoms with E-state index in [1.807, 2.05) is 49.8 Å². The first-order valence-electron chi connectivity index (χ1n) is 11.1. The fraction of sp³-hybridized carbons (Fsp3) is 0.261. The Morgan fingerprint density at radius 3 is 2.59 bits per heavy atom. The van der Waals surface area contributed by atoms with Crippen LogP contribution in [0.1, 0.15) is 31.0 Å². The zero-order valence-electron chi connectivity index (χ0n) is 19.0. The van der Waals surface area contributed by atoms with Crippen LogP contribution in [0, 0.1) is 0 Å². The topological polar surface area (TPSA) is 125 Å². The zero-order valence-corrected chi connectivity index (χ0v) is 19.0. The van der Waals surface area contributed by atoms with Crippen molar-refractivity contribution in [1.29, 1.82) is 0 Å². The lowest BCUT2D eigenvalue weighted by atomic mass is 10.00. The average molecular weight is 457 g/mol. The van der Waals surface area contributed by atoms with E-state index in [4.69, 9.17) is 0 Å². The van der Waals surface area contributed by atoms with Crippen LogP contribution >= 0.6 is 0 Å². The van der Waals surface area contributed by atoms with Gasteiger partial charge >= 0.3 is 5.69 Å². The van der Waals surface area contributed by atoms with Crippen LogP contribution in [0.3, 0.4) is 0 Å². The molecule has 0 saturated carbocycles. The summed E-state index contributed by atoms with van der Waals surface area (Å²) in [6.07, 6.45) is 9.86. The first kappa shape index (κ1) is 21.4. The van der Waals surface area contributed by atoms with Crippen molar-refractivity contribution in [3.8, 4) is 28.5 Å². The highest BCUT2D eigenvalue weighted by molar-refractivity contribution is 5.69. The van der Waals surface area contributed by atoms with Gasteiger partial charge in [-0.2, -0.15) is 5.21 Å². The fourth-order valence-corrected chi connectivity index (χ4v) is 3.98. The molecule has 0 aliphatic carbocycles. The molecule has 4 aromatic heterocycles. The Bertz CT molecular complexity index is 1440. The molecule has 11 nitrogen and oxygen atoms in total. The molecule has 0 fully saturated rings. The minimum atomic E-state index is -0.149. The van der Waals surface area contributed by atoms with Gasteiger partial charge in [0.15, 0.2) is 0 Å². The molecule has 11 heteroatoms. The Balaban J connectivity index is 1.52. The molecule has 0 aliphatic rings. The maximum absolute atomic E-state index is 13.4. The molecule has 172 valence electrons. The van der Waals surface area contributed by atoms with Crippen LogP contribution in [0.2, 0.25) is 0 Å². The van der Waals surface area contributed by atoms with Crippen LogP contribution < -0.4 is 5.69 Å². The molecule has 34 heavy (non-hydrogen) atoms. The third-order valence-corrected chi connectivity index (χ3v) is 5.78. The summed E-state index contributed by atoms with van der Waals surface area (Å²) in [7, 11) is 1.82. The number of rotatable bonds is 8. The number of hydrogen-bond acceptors (Lipinski definition) is 7. The molecular formula is C23H24N10O. The molecule has 0 saturated heterocycles. The third kappa shape index (κ3) is 4.03. The van der Waals surface area contributed by atoms with Gasteiger partial charge in [-0.25, -0.2) is 9.36 Å². The number of nitrogens with zero attached hydrogens (tertiary/aromatic N) is 9. The van der Waals surface area contributed by atoms with Gasteiger partial charge in [-0.3, -0.25) is 9.55 Å². The maximum Gasteiger partial charge on any atom is 0.335 e. The highest BCUT2D eigenvalue weighted by Gasteiger charge is 2.17. The van der Waals surface area contributed by atoms with Crippen molar-refractivity contribution in [2.75, 3.05) is 0 Å². The summed E-state index contributed by atoms with van der Waals surface area (Å²) < 4.78 is 5.10. The summed E-state index contributed by atoms with van der Waals surface area (Å²) in [5, 5.41) is 22.2. The van der Waals surface area contributed by atoms with E-state index < -0.39 is 0 Å². The van der Waals surface area contributed by atoms with Gasteiger partial charge in [-0.05, 0) is 40.8 Å². The van der Waals surface area contributed by atoms with Crippen molar-refractivity contribution >= 4 is 0 Å². The summed E-state index contributed by atoms with van der Waals surface area (Å²) in [5.41, 5.74) is 4.65. The number of benzene rings is 1. The van der Waals surface area contributed by atoms with Crippen LogP contribution in [0.15, 0.2) is 60.0 Å². The van der Waals surface area contributed by atoms with Gasteiger partial charge in [0.25, 0.3) is 0 Å². The quantitative estimate of drug-likeness (QED) is 0.380. The van der Waals surface area contributed by atoms with Crippen molar-refractivity contribution in [2.45, 2.75) is 32.7 Å². The van der Waals surface area contributed by atoms with E-state index in [1.165, 1.54) is 0 Å². The number of H-pyrrole nitrogens is 1. The normalized spacial score (nSPS) is 11.2. The number of aromatic amines is 1. The second-order valence-electron chi connectivity index (χ2n) is 8.05. The van der Waals surface area contributed by atoms with E-state index in [0.29, 0.717) is 18.3 Å². The van der Waals surface area contributed by atoms with Gasteiger partial charge in [-0.15, -0.1) is 20.4 Å². The highest BCUT2D eigenvalue weighted by atomic mass is 16.1. The lowest BCUT2D eigenvalue weighted by Crippen LogP contribution is -2.26. The van der Waals surface area contributed by atoms with Crippen LogP contribution in [0.5, 0.6) is 0 Å². The summed E-state index contributed by atoms with van der Waals surface area (Å²) in [6, 6.07) is 9.89. The molecule has 4 heterocycles. The maximum atomic E-state index is 13.4. The Labute approximate surface area is 195 Å². The number of hydrogen-bond donors (Lipinski definition) is 1.